The van der Waals surface area contributed by atoms with Crippen LogP contribution in [0.3, 0.4) is 0 Å². The highest BCUT2D eigenvalue weighted by atomic mass is 16.6. The number of rotatable bonds is 6. The average Bonchev–Trinajstić information content (AvgIpc) is 3.28. The van der Waals surface area contributed by atoms with Crippen LogP contribution >= 0.6 is 0 Å². The molecule has 0 spiro atoms. The number of nitrogens with zero attached hydrogens (tertiary/aromatic N) is 4. The van der Waals surface area contributed by atoms with Gasteiger partial charge in [0.1, 0.15) is 24.6 Å². The van der Waals surface area contributed by atoms with Gasteiger partial charge in [0.05, 0.1) is 19.0 Å². The fraction of sp³-hybridized carbons (Fsp3) is 0.421. The minimum atomic E-state index is -1.20. The SMILES string of the molecule is CC[C@@H](Nc1ncnc2c1ncn2C1OC(CO)C(O)C1O)c1ccccc1. The molecule has 0 radical (unpaired) electrons. The number of hydrogen-bond acceptors (Lipinski definition) is 8. The van der Waals surface area contributed by atoms with Crippen LogP contribution in [0, 0.1) is 0 Å². The summed E-state index contributed by atoms with van der Waals surface area (Å²) < 4.78 is 7.14. The van der Waals surface area contributed by atoms with Crippen LogP contribution in [0.15, 0.2) is 43.0 Å². The molecule has 3 heterocycles. The molecular weight excluding hydrogens is 362 g/mol. The van der Waals surface area contributed by atoms with Crippen molar-refractivity contribution in [2.75, 3.05) is 11.9 Å². The van der Waals surface area contributed by atoms with Gasteiger partial charge in [-0.2, -0.15) is 0 Å². The first-order valence-electron chi connectivity index (χ1n) is 9.25. The lowest BCUT2D eigenvalue weighted by atomic mass is 10.0. The van der Waals surface area contributed by atoms with Crippen molar-refractivity contribution >= 4 is 17.0 Å². The lowest BCUT2D eigenvalue weighted by Crippen LogP contribution is -2.33. The minimum Gasteiger partial charge on any atom is -0.394 e. The zero-order valence-corrected chi connectivity index (χ0v) is 15.4. The summed E-state index contributed by atoms with van der Waals surface area (Å²) in [5.41, 5.74) is 2.14. The highest BCUT2D eigenvalue weighted by molar-refractivity contribution is 5.83. The Balaban J connectivity index is 1.66. The Morgan fingerprint density at radius 3 is 2.61 bits per heavy atom. The van der Waals surface area contributed by atoms with E-state index in [0.717, 1.165) is 12.0 Å². The molecule has 0 bridgehead atoms. The molecule has 28 heavy (non-hydrogen) atoms. The first-order valence-corrected chi connectivity index (χ1v) is 9.25. The summed E-state index contributed by atoms with van der Waals surface area (Å²) in [6.07, 6.45) is -0.375. The quantitative estimate of drug-likeness (QED) is 0.495. The van der Waals surface area contributed by atoms with Gasteiger partial charge in [0.15, 0.2) is 23.2 Å². The van der Waals surface area contributed by atoms with Crippen LogP contribution in [0.1, 0.15) is 31.2 Å². The summed E-state index contributed by atoms with van der Waals surface area (Å²) in [6.45, 7) is 1.69. The Morgan fingerprint density at radius 1 is 1.14 bits per heavy atom. The third-order valence-corrected chi connectivity index (χ3v) is 5.07. The van der Waals surface area contributed by atoms with Gasteiger partial charge >= 0.3 is 0 Å². The number of anilines is 1. The third-order valence-electron chi connectivity index (χ3n) is 5.07. The Bertz CT molecular complexity index is 934. The largest absolute Gasteiger partial charge is 0.394 e. The maximum absolute atomic E-state index is 10.3. The fourth-order valence-corrected chi connectivity index (χ4v) is 3.53. The van der Waals surface area contributed by atoms with Gasteiger partial charge < -0.3 is 25.4 Å². The third kappa shape index (κ3) is 3.22. The van der Waals surface area contributed by atoms with E-state index in [-0.39, 0.29) is 6.04 Å². The molecule has 0 aliphatic carbocycles. The number of aliphatic hydroxyl groups excluding tert-OH is 3. The molecule has 5 atom stereocenters. The maximum atomic E-state index is 10.3. The number of aromatic nitrogens is 4. The Hall–Kier alpha value is -2.59. The highest BCUT2D eigenvalue weighted by Crippen LogP contribution is 2.32. The van der Waals surface area contributed by atoms with Gasteiger partial charge in [0, 0.05) is 0 Å². The number of benzene rings is 1. The first-order chi connectivity index (χ1) is 13.6. The van der Waals surface area contributed by atoms with E-state index < -0.39 is 31.1 Å². The molecule has 1 aliphatic rings. The molecule has 0 amide bonds. The smallest absolute Gasteiger partial charge is 0.167 e. The standard InChI is InChI=1S/C19H23N5O4/c1-2-12(11-6-4-3-5-7-11)23-17-14-18(21-9-20-17)24(10-22-14)19-16(27)15(26)13(8-25)28-19/h3-7,9-10,12-13,15-16,19,25-27H,2,8H2,1H3,(H,20,21,23)/t12-,13?,15?,16?,19?/m1/s1. The fourth-order valence-electron chi connectivity index (χ4n) is 3.53. The van der Waals surface area contributed by atoms with E-state index in [4.69, 9.17) is 4.74 Å². The number of imidazole rings is 1. The number of aliphatic hydroxyl groups is 3. The van der Waals surface area contributed by atoms with Crippen molar-refractivity contribution in [1.82, 2.24) is 19.5 Å². The van der Waals surface area contributed by atoms with Crippen LogP contribution in [0.5, 0.6) is 0 Å². The van der Waals surface area contributed by atoms with Crippen molar-refractivity contribution < 1.29 is 20.1 Å². The summed E-state index contributed by atoms with van der Waals surface area (Å²) in [4.78, 5) is 13.0. The normalized spacial score (nSPS) is 25.9. The molecule has 0 saturated carbocycles. The Labute approximate surface area is 161 Å². The monoisotopic (exact) mass is 385 g/mol. The van der Waals surface area contributed by atoms with E-state index in [2.05, 4.69) is 39.3 Å². The van der Waals surface area contributed by atoms with Crippen molar-refractivity contribution in [3.8, 4) is 0 Å². The van der Waals surface area contributed by atoms with E-state index >= 15 is 0 Å². The Morgan fingerprint density at radius 2 is 1.93 bits per heavy atom. The molecule has 148 valence electrons. The zero-order valence-electron chi connectivity index (χ0n) is 15.4. The Kier molecular flexibility index (Phi) is 5.23. The van der Waals surface area contributed by atoms with Gasteiger partial charge in [-0.3, -0.25) is 4.57 Å². The molecule has 2 aromatic heterocycles. The summed E-state index contributed by atoms with van der Waals surface area (Å²) in [7, 11) is 0. The molecule has 4 N–H and O–H groups in total. The van der Waals surface area contributed by atoms with Crippen LogP contribution in [0.2, 0.25) is 0 Å². The average molecular weight is 385 g/mol. The number of nitrogens with one attached hydrogen (secondary N) is 1. The molecule has 1 aliphatic heterocycles. The maximum Gasteiger partial charge on any atom is 0.167 e. The second-order valence-corrected chi connectivity index (χ2v) is 6.79. The molecule has 9 nitrogen and oxygen atoms in total. The predicted molar refractivity (Wildman–Crippen MR) is 101 cm³/mol. The van der Waals surface area contributed by atoms with Crippen molar-refractivity contribution in [3.05, 3.63) is 48.5 Å². The van der Waals surface area contributed by atoms with Crippen molar-refractivity contribution in [2.24, 2.45) is 0 Å². The lowest BCUT2D eigenvalue weighted by Gasteiger charge is -2.19. The van der Waals surface area contributed by atoms with Crippen LogP contribution < -0.4 is 5.32 Å². The highest BCUT2D eigenvalue weighted by Gasteiger charge is 2.44. The van der Waals surface area contributed by atoms with Crippen molar-refractivity contribution in [2.45, 2.75) is 43.9 Å². The second-order valence-electron chi connectivity index (χ2n) is 6.79. The van der Waals surface area contributed by atoms with Crippen LogP contribution in [0.25, 0.3) is 11.2 Å². The minimum absolute atomic E-state index is 0.0540. The van der Waals surface area contributed by atoms with E-state index in [0.29, 0.717) is 17.0 Å². The lowest BCUT2D eigenvalue weighted by molar-refractivity contribution is -0.0511. The topological polar surface area (TPSA) is 126 Å². The van der Waals surface area contributed by atoms with E-state index in [1.807, 2.05) is 18.2 Å². The van der Waals surface area contributed by atoms with Gasteiger partial charge in [-0.1, -0.05) is 37.3 Å². The molecule has 9 heteroatoms. The summed E-state index contributed by atoms with van der Waals surface area (Å²) in [6, 6.07) is 10.1. The van der Waals surface area contributed by atoms with E-state index in [9.17, 15) is 15.3 Å². The van der Waals surface area contributed by atoms with Crippen LogP contribution in [0.4, 0.5) is 5.82 Å². The zero-order chi connectivity index (χ0) is 19.7. The molecule has 3 aromatic rings. The molecular formula is C19H23N5O4. The molecule has 1 aromatic carbocycles. The summed E-state index contributed by atoms with van der Waals surface area (Å²) in [5.74, 6) is 0.575. The number of ether oxygens (including phenoxy) is 1. The van der Waals surface area contributed by atoms with Crippen LogP contribution in [-0.4, -0.2) is 59.8 Å². The van der Waals surface area contributed by atoms with Crippen molar-refractivity contribution in [1.29, 1.82) is 0 Å². The summed E-state index contributed by atoms with van der Waals surface area (Å²) in [5, 5.41) is 33.0. The molecule has 4 unspecified atom stereocenters. The van der Waals surface area contributed by atoms with Gasteiger partial charge in [-0.25, -0.2) is 15.0 Å². The van der Waals surface area contributed by atoms with Gasteiger partial charge in [-0.05, 0) is 12.0 Å². The molecule has 4 rings (SSSR count). The van der Waals surface area contributed by atoms with Gasteiger partial charge in [-0.15, -0.1) is 0 Å². The van der Waals surface area contributed by atoms with Crippen molar-refractivity contribution in [3.63, 3.8) is 0 Å². The van der Waals surface area contributed by atoms with E-state index in [1.54, 1.807) is 4.57 Å². The van der Waals surface area contributed by atoms with Crippen LogP contribution in [-0.2, 0) is 4.74 Å². The van der Waals surface area contributed by atoms with Gasteiger partial charge in [0.2, 0.25) is 0 Å². The van der Waals surface area contributed by atoms with E-state index in [1.165, 1.54) is 12.7 Å². The second kappa shape index (κ2) is 7.80. The first kappa shape index (κ1) is 18.8. The van der Waals surface area contributed by atoms with Gasteiger partial charge in [0.25, 0.3) is 0 Å². The molecule has 1 fully saturated rings. The number of fused-ring (bicyclic) bond motifs is 1. The number of hydrogen-bond donors (Lipinski definition) is 4. The summed E-state index contributed by atoms with van der Waals surface area (Å²) >= 11 is 0. The molecule has 1 saturated heterocycles. The predicted octanol–water partition coefficient (Wildman–Crippen LogP) is 1.00.